The summed E-state index contributed by atoms with van der Waals surface area (Å²) in [7, 11) is 1.55. The number of aliphatic carboxylic acids is 1. The number of rotatable bonds is 6. The van der Waals surface area contributed by atoms with Crippen LogP contribution in [0.4, 0.5) is 4.79 Å². The topological polar surface area (TPSA) is 90.3 Å². The molecule has 0 aromatic heterocycles. The minimum absolute atomic E-state index is 0.00941. The Bertz CT molecular complexity index is 350. The number of hydrogen-bond acceptors (Lipinski definition) is 4. The van der Waals surface area contributed by atoms with Gasteiger partial charge in [-0.2, -0.15) is 0 Å². The molecule has 1 saturated heterocycles. The predicted octanol–water partition coefficient (Wildman–Crippen LogP) is 0.373. The van der Waals surface area contributed by atoms with Crippen molar-refractivity contribution in [3.63, 3.8) is 0 Å². The Hall–Kier alpha value is -1.34. The molecular formula is C13H24N2O5. The van der Waals surface area contributed by atoms with Crippen LogP contribution in [0, 0.1) is 0 Å². The van der Waals surface area contributed by atoms with Crippen LogP contribution in [0.25, 0.3) is 0 Å². The van der Waals surface area contributed by atoms with Gasteiger partial charge in [0, 0.05) is 32.7 Å². The highest BCUT2D eigenvalue weighted by atomic mass is 16.5. The van der Waals surface area contributed by atoms with Gasteiger partial charge >= 0.3 is 12.0 Å². The second-order valence-corrected chi connectivity index (χ2v) is 5.12. The van der Waals surface area contributed by atoms with Crippen molar-refractivity contribution in [1.29, 1.82) is 0 Å². The summed E-state index contributed by atoms with van der Waals surface area (Å²) in [5.74, 6) is -1.08. The average Bonchev–Trinajstić information content (AvgIpc) is 2.80. The first-order chi connectivity index (χ1) is 9.42. The number of amides is 2. The highest BCUT2D eigenvalue weighted by Crippen LogP contribution is 2.21. The number of likely N-dealkylation sites (tertiary alicyclic amines) is 1. The zero-order valence-electron chi connectivity index (χ0n) is 12.3. The second-order valence-electron chi connectivity index (χ2n) is 5.12. The molecule has 1 fully saturated rings. The number of carboxylic acid groups (broad SMARTS) is 1. The first kappa shape index (κ1) is 16.7. The van der Waals surface area contributed by atoms with Crippen LogP contribution < -0.4 is 0 Å². The third-order valence-electron chi connectivity index (χ3n) is 3.71. The molecular weight excluding hydrogens is 264 g/mol. The van der Waals surface area contributed by atoms with E-state index in [1.165, 1.54) is 4.90 Å². The van der Waals surface area contributed by atoms with Crippen LogP contribution in [-0.4, -0.2) is 77.0 Å². The first-order valence-corrected chi connectivity index (χ1v) is 6.89. The Morgan fingerprint density at radius 3 is 2.65 bits per heavy atom. The van der Waals surface area contributed by atoms with Crippen LogP contribution in [0.1, 0.15) is 26.7 Å². The van der Waals surface area contributed by atoms with Crippen molar-refractivity contribution < 1.29 is 24.5 Å². The maximum absolute atomic E-state index is 12.5. The minimum Gasteiger partial charge on any atom is -0.480 e. The number of aliphatic hydroxyl groups excluding tert-OH is 1. The molecule has 2 amide bonds. The molecule has 0 aromatic carbocycles. The molecule has 0 spiro atoms. The van der Waals surface area contributed by atoms with Gasteiger partial charge in [0.15, 0.2) is 0 Å². The largest absolute Gasteiger partial charge is 0.480 e. The molecule has 7 heteroatoms. The van der Waals surface area contributed by atoms with Crippen molar-refractivity contribution in [3.8, 4) is 0 Å². The van der Waals surface area contributed by atoms with Crippen molar-refractivity contribution >= 4 is 12.0 Å². The molecule has 1 rings (SSSR count). The van der Waals surface area contributed by atoms with Crippen LogP contribution in [0.2, 0.25) is 0 Å². The third kappa shape index (κ3) is 3.83. The van der Waals surface area contributed by atoms with Crippen LogP contribution in [0.15, 0.2) is 0 Å². The SMILES string of the molecule is CCC(C)N(CCOC)C(=O)N1C[C@@H](O)C[C@H]1C(=O)O. The van der Waals surface area contributed by atoms with Gasteiger partial charge in [0.25, 0.3) is 0 Å². The number of methoxy groups -OCH3 is 1. The fraction of sp³-hybridized carbons (Fsp3) is 0.846. The Morgan fingerprint density at radius 2 is 2.15 bits per heavy atom. The molecule has 7 nitrogen and oxygen atoms in total. The minimum atomic E-state index is -1.08. The Morgan fingerprint density at radius 1 is 1.50 bits per heavy atom. The predicted molar refractivity (Wildman–Crippen MR) is 72.5 cm³/mol. The first-order valence-electron chi connectivity index (χ1n) is 6.89. The lowest BCUT2D eigenvalue weighted by Crippen LogP contribution is -2.51. The number of carbonyl (C=O) groups excluding carboxylic acids is 1. The van der Waals surface area contributed by atoms with Gasteiger partial charge < -0.3 is 24.7 Å². The number of aliphatic hydroxyl groups is 1. The lowest BCUT2D eigenvalue weighted by Gasteiger charge is -2.34. The van der Waals surface area contributed by atoms with Crippen LogP contribution >= 0.6 is 0 Å². The van der Waals surface area contributed by atoms with E-state index in [0.717, 1.165) is 6.42 Å². The van der Waals surface area contributed by atoms with E-state index in [0.29, 0.717) is 13.2 Å². The van der Waals surface area contributed by atoms with Crippen LogP contribution in [0.5, 0.6) is 0 Å². The third-order valence-corrected chi connectivity index (χ3v) is 3.71. The normalized spacial score (nSPS) is 23.7. The maximum atomic E-state index is 12.5. The summed E-state index contributed by atoms with van der Waals surface area (Å²) in [6, 6.07) is -1.31. The Kier molecular flexibility index (Phi) is 6.22. The van der Waals surface area contributed by atoms with Crippen molar-refractivity contribution in [3.05, 3.63) is 0 Å². The molecule has 0 aliphatic carbocycles. The molecule has 2 N–H and O–H groups in total. The quantitative estimate of drug-likeness (QED) is 0.737. The lowest BCUT2D eigenvalue weighted by molar-refractivity contribution is -0.141. The van der Waals surface area contributed by atoms with Gasteiger partial charge in [0.2, 0.25) is 0 Å². The van der Waals surface area contributed by atoms with E-state index in [4.69, 9.17) is 9.84 Å². The summed E-state index contributed by atoms with van der Waals surface area (Å²) < 4.78 is 5.00. The summed E-state index contributed by atoms with van der Waals surface area (Å²) in [6.45, 7) is 4.74. The van der Waals surface area contributed by atoms with Gasteiger partial charge in [-0.1, -0.05) is 6.92 Å². The summed E-state index contributed by atoms with van der Waals surface area (Å²) in [5, 5.41) is 18.8. The van der Waals surface area contributed by atoms with Crippen molar-refractivity contribution in [1.82, 2.24) is 9.80 Å². The molecule has 1 heterocycles. The van der Waals surface area contributed by atoms with Crippen LogP contribution in [0.3, 0.4) is 0 Å². The average molecular weight is 288 g/mol. The zero-order chi connectivity index (χ0) is 15.3. The molecule has 3 atom stereocenters. The molecule has 20 heavy (non-hydrogen) atoms. The van der Waals surface area contributed by atoms with Gasteiger partial charge in [0.1, 0.15) is 6.04 Å². The number of urea groups is 1. The Balaban J connectivity index is 2.84. The molecule has 1 aliphatic rings. The maximum Gasteiger partial charge on any atom is 0.326 e. The fourth-order valence-corrected chi connectivity index (χ4v) is 2.34. The fourth-order valence-electron chi connectivity index (χ4n) is 2.34. The molecule has 0 saturated carbocycles. The second kappa shape index (κ2) is 7.44. The van der Waals surface area contributed by atoms with Gasteiger partial charge in [-0.25, -0.2) is 9.59 Å². The number of ether oxygens (including phenoxy) is 1. The van der Waals surface area contributed by atoms with Gasteiger partial charge in [-0.05, 0) is 13.3 Å². The van der Waals surface area contributed by atoms with E-state index in [1.54, 1.807) is 12.0 Å². The van der Waals surface area contributed by atoms with E-state index in [-0.39, 0.29) is 25.0 Å². The number of β-amino-alcohol motifs (C(OH)–C–C–N with tert-alkyl or cyclic N) is 1. The summed E-state index contributed by atoms with van der Waals surface area (Å²) in [5.41, 5.74) is 0. The number of carbonyl (C=O) groups is 2. The molecule has 116 valence electrons. The van der Waals surface area contributed by atoms with Gasteiger partial charge in [-0.3, -0.25) is 0 Å². The van der Waals surface area contributed by atoms with Crippen molar-refractivity contribution in [2.45, 2.75) is 44.9 Å². The van der Waals surface area contributed by atoms with Crippen molar-refractivity contribution in [2.24, 2.45) is 0 Å². The number of carboxylic acids is 1. The van der Waals surface area contributed by atoms with E-state index in [2.05, 4.69) is 0 Å². The van der Waals surface area contributed by atoms with E-state index < -0.39 is 18.1 Å². The standard InChI is InChI=1S/C13H24N2O5/c1-4-9(2)14(5-6-20-3)13(19)15-8-10(16)7-11(15)12(17)18/h9-11,16H,4-8H2,1-3H3,(H,17,18)/t9?,10-,11-/m0/s1. The Labute approximate surface area is 119 Å². The molecule has 0 bridgehead atoms. The zero-order valence-corrected chi connectivity index (χ0v) is 12.3. The molecule has 0 aromatic rings. The summed E-state index contributed by atoms with van der Waals surface area (Å²) >= 11 is 0. The molecule has 1 aliphatic heterocycles. The highest BCUT2D eigenvalue weighted by Gasteiger charge is 2.41. The summed E-state index contributed by atoms with van der Waals surface area (Å²) in [6.07, 6.45) is 0.0739. The van der Waals surface area contributed by atoms with Gasteiger partial charge in [0.05, 0.1) is 12.7 Å². The molecule has 0 radical (unpaired) electrons. The van der Waals surface area contributed by atoms with E-state index >= 15 is 0 Å². The number of nitrogens with zero attached hydrogens (tertiary/aromatic N) is 2. The van der Waals surface area contributed by atoms with Gasteiger partial charge in [-0.15, -0.1) is 0 Å². The number of hydrogen-bond donors (Lipinski definition) is 2. The van der Waals surface area contributed by atoms with E-state index in [9.17, 15) is 14.7 Å². The van der Waals surface area contributed by atoms with Crippen LogP contribution in [-0.2, 0) is 9.53 Å². The van der Waals surface area contributed by atoms with E-state index in [1.807, 2.05) is 13.8 Å². The van der Waals surface area contributed by atoms with Crippen molar-refractivity contribution in [2.75, 3.05) is 26.8 Å². The monoisotopic (exact) mass is 288 g/mol. The smallest absolute Gasteiger partial charge is 0.326 e. The summed E-state index contributed by atoms with van der Waals surface area (Å²) in [4.78, 5) is 26.6. The molecule has 1 unspecified atom stereocenters. The lowest BCUT2D eigenvalue weighted by atomic mass is 10.2. The highest BCUT2D eigenvalue weighted by molar-refractivity contribution is 5.83.